The highest BCUT2D eigenvalue weighted by Crippen LogP contribution is 2.43. The third-order valence-electron chi connectivity index (χ3n) is 4.07. The zero-order valence-electron chi connectivity index (χ0n) is 10.3. The van der Waals surface area contributed by atoms with Gasteiger partial charge in [0.05, 0.1) is 24.2 Å². The average Bonchev–Trinajstić information content (AvgIpc) is 2.80. The predicted molar refractivity (Wildman–Crippen MR) is 59.1 cm³/mol. The summed E-state index contributed by atoms with van der Waals surface area (Å²) in [6.07, 6.45) is 2.18. The first kappa shape index (κ1) is 12.1. The van der Waals surface area contributed by atoms with Crippen molar-refractivity contribution in [3.05, 3.63) is 11.6 Å². The van der Waals surface area contributed by atoms with Crippen LogP contribution in [0.1, 0.15) is 19.8 Å². The molecule has 0 bridgehead atoms. The van der Waals surface area contributed by atoms with Gasteiger partial charge in [-0.25, -0.2) is 0 Å². The number of allylic oxidation sites excluding steroid dienone is 1. The molecule has 3 aliphatic rings. The second-order valence-electron chi connectivity index (χ2n) is 5.24. The van der Waals surface area contributed by atoms with Gasteiger partial charge in [0.1, 0.15) is 0 Å². The van der Waals surface area contributed by atoms with E-state index >= 15 is 0 Å². The molecule has 100 valence electrons. The fourth-order valence-electron chi connectivity index (χ4n) is 3.18. The van der Waals surface area contributed by atoms with Crippen LogP contribution in [0, 0.1) is 23.7 Å². The summed E-state index contributed by atoms with van der Waals surface area (Å²) in [5.74, 6) is -4.01. The van der Waals surface area contributed by atoms with Crippen LogP contribution in [-0.2, 0) is 28.7 Å². The number of fused-ring (bicyclic) bond motifs is 1. The highest BCUT2D eigenvalue weighted by atomic mass is 16.6. The van der Waals surface area contributed by atoms with Gasteiger partial charge in [-0.05, 0) is 19.3 Å². The summed E-state index contributed by atoms with van der Waals surface area (Å²) in [4.78, 5) is 45.9. The van der Waals surface area contributed by atoms with Gasteiger partial charge in [0.25, 0.3) is 0 Å². The Kier molecular flexibility index (Phi) is 2.55. The minimum Gasteiger partial charge on any atom is -0.393 e. The van der Waals surface area contributed by atoms with Crippen LogP contribution < -0.4 is 0 Å². The van der Waals surface area contributed by atoms with Crippen molar-refractivity contribution < 1.29 is 28.7 Å². The minimum atomic E-state index is -0.549. The van der Waals surface area contributed by atoms with Crippen molar-refractivity contribution in [3.8, 4) is 0 Å². The molecule has 4 atom stereocenters. The number of esters is 4. The van der Waals surface area contributed by atoms with Gasteiger partial charge < -0.3 is 9.47 Å². The van der Waals surface area contributed by atoms with Gasteiger partial charge in [-0.2, -0.15) is 0 Å². The van der Waals surface area contributed by atoms with Crippen molar-refractivity contribution in [2.75, 3.05) is 0 Å². The molecule has 19 heavy (non-hydrogen) atoms. The van der Waals surface area contributed by atoms with Crippen molar-refractivity contribution in [3.63, 3.8) is 0 Å². The first-order chi connectivity index (χ1) is 8.97. The fourth-order valence-corrected chi connectivity index (χ4v) is 3.18. The zero-order chi connectivity index (χ0) is 13.7. The number of hydrogen-bond donors (Lipinski definition) is 0. The number of carbonyl (C=O) groups excluding carboxylic acids is 4. The van der Waals surface area contributed by atoms with E-state index in [0.717, 1.165) is 5.57 Å². The Morgan fingerprint density at radius 3 is 2.32 bits per heavy atom. The van der Waals surface area contributed by atoms with Crippen molar-refractivity contribution in [2.24, 2.45) is 23.7 Å². The Balaban J connectivity index is 1.89. The Morgan fingerprint density at radius 2 is 1.68 bits per heavy atom. The molecule has 2 aliphatic heterocycles. The molecule has 2 fully saturated rings. The van der Waals surface area contributed by atoms with Gasteiger partial charge >= 0.3 is 23.9 Å². The molecule has 0 aromatic carbocycles. The highest BCUT2D eigenvalue weighted by Gasteiger charge is 2.51. The second-order valence-corrected chi connectivity index (χ2v) is 5.24. The molecule has 0 aromatic heterocycles. The molecular weight excluding hydrogens is 252 g/mol. The molecule has 0 spiro atoms. The summed E-state index contributed by atoms with van der Waals surface area (Å²) >= 11 is 0. The Morgan fingerprint density at radius 1 is 1.00 bits per heavy atom. The second kappa shape index (κ2) is 4.01. The fraction of sp³-hybridized carbons (Fsp3) is 0.538. The topological polar surface area (TPSA) is 86.7 Å². The predicted octanol–water partition coefficient (Wildman–Crippen LogP) is 0.358. The van der Waals surface area contributed by atoms with Crippen LogP contribution in [0.2, 0.25) is 0 Å². The lowest BCUT2D eigenvalue weighted by molar-refractivity contribution is -0.155. The monoisotopic (exact) mass is 264 g/mol. The van der Waals surface area contributed by atoms with E-state index in [0.29, 0.717) is 6.42 Å². The Bertz CT molecular complexity index is 531. The van der Waals surface area contributed by atoms with Gasteiger partial charge in [0.15, 0.2) is 0 Å². The third kappa shape index (κ3) is 1.78. The highest BCUT2D eigenvalue weighted by molar-refractivity contribution is 5.99. The van der Waals surface area contributed by atoms with E-state index in [9.17, 15) is 19.2 Å². The summed E-state index contributed by atoms with van der Waals surface area (Å²) in [5.41, 5.74) is 0.726. The Hall–Kier alpha value is -1.98. The molecule has 0 amide bonds. The lowest BCUT2D eigenvalue weighted by Crippen LogP contribution is -2.31. The molecule has 2 heterocycles. The normalized spacial score (nSPS) is 37.8. The largest absolute Gasteiger partial charge is 0.393 e. The van der Waals surface area contributed by atoms with E-state index in [1.807, 2.05) is 0 Å². The van der Waals surface area contributed by atoms with Gasteiger partial charge in [0, 0.05) is 0 Å². The van der Waals surface area contributed by atoms with Crippen LogP contribution in [0.5, 0.6) is 0 Å². The standard InChI is InChI=1S/C13H12O6/c1-5-2-6(7-4-9(14)18-11(7)15)3-8-10(5)13(17)19-12(8)16/h2,6-8,10H,3-4H2,1H3/t6?,7?,8-,10?/m0/s1. The number of hydrogen-bond acceptors (Lipinski definition) is 6. The van der Waals surface area contributed by atoms with Crippen molar-refractivity contribution >= 4 is 23.9 Å². The Labute approximate surface area is 108 Å². The SMILES string of the molecule is CC1=CC(C2CC(=O)OC2=O)C[C@@H]2C(=O)OC(=O)C12. The number of ether oxygens (including phenoxy) is 2. The summed E-state index contributed by atoms with van der Waals surface area (Å²) < 4.78 is 9.17. The molecule has 6 nitrogen and oxygen atoms in total. The van der Waals surface area contributed by atoms with Gasteiger partial charge in [-0.15, -0.1) is 0 Å². The molecule has 3 rings (SSSR count). The van der Waals surface area contributed by atoms with E-state index in [4.69, 9.17) is 0 Å². The quantitative estimate of drug-likeness (QED) is 0.386. The zero-order valence-corrected chi connectivity index (χ0v) is 10.3. The molecule has 0 aromatic rings. The summed E-state index contributed by atoms with van der Waals surface area (Å²) in [6, 6.07) is 0. The molecular formula is C13H12O6. The summed E-state index contributed by atoms with van der Waals surface area (Å²) in [6.45, 7) is 1.74. The lowest BCUT2D eigenvalue weighted by atomic mass is 9.72. The lowest BCUT2D eigenvalue weighted by Gasteiger charge is -2.27. The summed E-state index contributed by atoms with van der Waals surface area (Å²) in [7, 11) is 0. The molecule has 0 radical (unpaired) electrons. The first-order valence-electron chi connectivity index (χ1n) is 6.15. The number of cyclic esters (lactones) is 4. The van der Waals surface area contributed by atoms with Crippen molar-refractivity contribution in [1.82, 2.24) is 0 Å². The van der Waals surface area contributed by atoms with Gasteiger partial charge in [-0.1, -0.05) is 11.6 Å². The minimum absolute atomic E-state index is 0.0354. The van der Waals surface area contributed by atoms with Crippen LogP contribution in [0.25, 0.3) is 0 Å². The van der Waals surface area contributed by atoms with E-state index < -0.39 is 41.6 Å². The van der Waals surface area contributed by atoms with E-state index in [1.54, 1.807) is 13.0 Å². The molecule has 6 heteroatoms. The van der Waals surface area contributed by atoms with E-state index in [1.165, 1.54) is 0 Å². The smallest absolute Gasteiger partial charge is 0.321 e. The number of carbonyl (C=O) groups is 4. The molecule has 0 N–H and O–H groups in total. The molecule has 1 aliphatic carbocycles. The van der Waals surface area contributed by atoms with E-state index in [2.05, 4.69) is 9.47 Å². The van der Waals surface area contributed by atoms with Crippen molar-refractivity contribution in [1.29, 1.82) is 0 Å². The first-order valence-corrected chi connectivity index (χ1v) is 6.15. The molecule has 0 saturated carbocycles. The van der Waals surface area contributed by atoms with Crippen LogP contribution in [0.4, 0.5) is 0 Å². The number of rotatable bonds is 1. The third-order valence-corrected chi connectivity index (χ3v) is 4.07. The van der Waals surface area contributed by atoms with Crippen LogP contribution >= 0.6 is 0 Å². The van der Waals surface area contributed by atoms with E-state index in [-0.39, 0.29) is 12.3 Å². The van der Waals surface area contributed by atoms with Crippen LogP contribution in [-0.4, -0.2) is 23.9 Å². The maximum Gasteiger partial charge on any atom is 0.321 e. The average molecular weight is 264 g/mol. The molecule has 2 saturated heterocycles. The maximum atomic E-state index is 11.6. The van der Waals surface area contributed by atoms with Gasteiger partial charge in [-0.3, -0.25) is 19.2 Å². The van der Waals surface area contributed by atoms with Crippen molar-refractivity contribution in [2.45, 2.75) is 19.8 Å². The summed E-state index contributed by atoms with van der Waals surface area (Å²) in [5, 5.41) is 0. The van der Waals surface area contributed by atoms with Crippen LogP contribution in [0.15, 0.2) is 11.6 Å². The van der Waals surface area contributed by atoms with Crippen LogP contribution in [0.3, 0.4) is 0 Å². The van der Waals surface area contributed by atoms with Gasteiger partial charge in [0.2, 0.25) is 0 Å². The molecule has 3 unspecified atom stereocenters. The maximum absolute atomic E-state index is 11.6.